The molecule has 0 radical (unpaired) electrons. The van der Waals surface area contributed by atoms with Crippen LogP contribution in [0.25, 0.3) is 0 Å². The zero-order chi connectivity index (χ0) is 29.1. The summed E-state index contributed by atoms with van der Waals surface area (Å²) in [4.78, 5) is 34.0. The fourth-order valence-corrected chi connectivity index (χ4v) is 4.04. The average Bonchev–Trinajstić information content (AvgIpc) is 2.93. The molecule has 0 aromatic heterocycles. The third kappa shape index (κ3) is 8.35. The summed E-state index contributed by atoms with van der Waals surface area (Å²) in [5.74, 6) is -0.977. The zero-order valence-corrected chi connectivity index (χ0v) is 22.5. The highest BCUT2D eigenvalue weighted by molar-refractivity contribution is 6.27. The van der Waals surface area contributed by atoms with Gasteiger partial charge in [0, 0.05) is 44.8 Å². The number of piperazine rings is 1. The normalized spacial score (nSPS) is 13.5. The highest BCUT2D eigenvalue weighted by Crippen LogP contribution is 2.39. The Hall–Kier alpha value is -4.30. The second kappa shape index (κ2) is 14.6. The minimum Gasteiger partial charge on any atom is -0.493 e. The number of hydrogen-bond acceptors (Lipinski definition) is 11. The molecule has 1 saturated heterocycles. The highest BCUT2D eigenvalue weighted by Gasteiger charge is 2.24. The molecule has 1 aliphatic rings. The number of nitro benzene ring substituents is 1. The van der Waals surface area contributed by atoms with Crippen LogP contribution in [0, 0.1) is 10.1 Å². The third-order valence-corrected chi connectivity index (χ3v) is 5.95. The summed E-state index contributed by atoms with van der Waals surface area (Å²) in [5.41, 5.74) is 1.71. The van der Waals surface area contributed by atoms with Crippen molar-refractivity contribution in [1.82, 2.24) is 9.80 Å². The van der Waals surface area contributed by atoms with Gasteiger partial charge in [-0.2, -0.15) is 0 Å². The van der Waals surface area contributed by atoms with Crippen molar-refractivity contribution in [1.29, 1.82) is 0 Å². The first-order valence-corrected chi connectivity index (χ1v) is 11.7. The van der Waals surface area contributed by atoms with Gasteiger partial charge >= 0.3 is 11.9 Å². The first kappa shape index (κ1) is 30.9. The predicted molar refractivity (Wildman–Crippen MR) is 138 cm³/mol. The molecular formula is C25H33N3O11. The fraction of sp³-hybridized carbons (Fsp3) is 0.440. The first-order chi connectivity index (χ1) is 18.6. The van der Waals surface area contributed by atoms with Gasteiger partial charge in [-0.25, -0.2) is 9.59 Å². The van der Waals surface area contributed by atoms with Crippen molar-refractivity contribution >= 4 is 17.6 Å². The molecule has 39 heavy (non-hydrogen) atoms. The molecule has 0 unspecified atom stereocenters. The van der Waals surface area contributed by atoms with Crippen LogP contribution >= 0.6 is 0 Å². The Morgan fingerprint density at radius 3 is 1.56 bits per heavy atom. The van der Waals surface area contributed by atoms with Gasteiger partial charge in [0.05, 0.1) is 46.5 Å². The Bertz CT molecular complexity index is 1130. The number of nitrogens with zero attached hydrogens (tertiary/aromatic N) is 3. The lowest BCUT2D eigenvalue weighted by Crippen LogP contribution is -2.45. The number of aliphatic carboxylic acids is 2. The van der Waals surface area contributed by atoms with Crippen LogP contribution in [0.15, 0.2) is 24.3 Å². The molecule has 214 valence electrons. The molecule has 0 atom stereocenters. The molecule has 14 heteroatoms. The van der Waals surface area contributed by atoms with Crippen molar-refractivity contribution in [2.45, 2.75) is 13.1 Å². The van der Waals surface area contributed by atoms with Crippen LogP contribution < -0.4 is 23.7 Å². The largest absolute Gasteiger partial charge is 0.493 e. The molecule has 2 aromatic rings. The van der Waals surface area contributed by atoms with E-state index in [1.807, 2.05) is 12.1 Å². The summed E-state index contributed by atoms with van der Waals surface area (Å²) in [5, 5.41) is 26.4. The number of benzene rings is 2. The fourth-order valence-electron chi connectivity index (χ4n) is 4.04. The Balaban J connectivity index is 0.000000798. The monoisotopic (exact) mass is 551 g/mol. The lowest BCUT2D eigenvalue weighted by atomic mass is 10.1. The average molecular weight is 552 g/mol. The standard InChI is InChI=1S/C23H31N3O7.C2H2O4/c1-29-19-12-17(18(26(27)28)13-20(19)30-2)15-25-8-6-24(7-9-25)14-16-10-21(31-3)23(33-5)22(11-16)32-4;3-1(4)2(5)6/h10-13H,6-9,14-15H2,1-5H3;(H,3,4)(H,5,6). The summed E-state index contributed by atoms with van der Waals surface area (Å²) in [6, 6.07) is 7.04. The SMILES string of the molecule is COc1cc(CN2CCN(Cc3cc(OC)c(OC)c(OC)c3)CC2)c([N+](=O)[O-])cc1OC.O=C(O)C(=O)O. The van der Waals surface area contributed by atoms with Gasteiger partial charge in [-0.15, -0.1) is 0 Å². The second-order valence-corrected chi connectivity index (χ2v) is 8.29. The van der Waals surface area contributed by atoms with Crippen molar-refractivity contribution in [2.24, 2.45) is 0 Å². The van der Waals surface area contributed by atoms with Crippen LogP contribution in [0.4, 0.5) is 5.69 Å². The minimum atomic E-state index is -1.82. The van der Waals surface area contributed by atoms with E-state index in [1.165, 1.54) is 20.3 Å². The quantitative estimate of drug-likeness (QED) is 0.250. The van der Waals surface area contributed by atoms with Gasteiger partial charge in [-0.05, 0) is 23.8 Å². The third-order valence-electron chi connectivity index (χ3n) is 5.95. The van der Waals surface area contributed by atoms with Gasteiger partial charge in [-0.1, -0.05) is 0 Å². The number of carbonyl (C=O) groups is 2. The van der Waals surface area contributed by atoms with E-state index in [-0.39, 0.29) is 10.6 Å². The predicted octanol–water partition coefficient (Wildman–Crippen LogP) is 2.11. The molecule has 1 fully saturated rings. The van der Waals surface area contributed by atoms with Crippen molar-refractivity contribution in [3.63, 3.8) is 0 Å². The molecule has 0 saturated carbocycles. The molecule has 2 aromatic carbocycles. The van der Waals surface area contributed by atoms with E-state index < -0.39 is 11.9 Å². The molecular weight excluding hydrogens is 518 g/mol. The van der Waals surface area contributed by atoms with E-state index in [1.54, 1.807) is 27.4 Å². The number of ether oxygens (including phenoxy) is 5. The Labute approximate surface area is 225 Å². The van der Waals surface area contributed by atoms with Crippen LogP contribution in [0.1, 0.15) is 11.1 Å². The van der Waals surface area contributed by atoms with E-state index >= 15 is 0 Å². The Kier molecular flexibility index (Phi) is 11.6. The van der Waals surface area contributed by atoms with E-state index in [0.29, 0.717) is 40.9 Å². The maximum absolute atomic E-state index is 11.6. The van der Waals surface area contributed by atoms with Gasteiger partial charge in [0.1, 0.15) is 0 Å². The van der Waals surface area contributed by atoms with Gasteiger partial charge in [0.25, 0.3) is 5.69 Å². The molecule has 1 heterocycles. The van der Waals surface area contributed by atoms with Crippen molar-refractivity contribution in [3.8, 4) is 28.7 Å². The van der Waals surface area contributed by atoms with Crippen LogP contribution in [0.3, 0.4) is 0 Å². The molecule has 0 amide bonds. The molecule has 3 rings (SSSR count). The van der Waals surface area contributed by atoms with Gasteiger partial charge in [-0.3, -0.25) is 19.9 Å². The first-order valence-electron chi connectivity index (χ1n) is 11.7. The molecule has 1 aliphatic heterocycles. The summed E-state index contributed by atoms with van der Waals surface area (Å²) in [6.45, 7) is 4.44. The topological polar surface area (TPSA) is 170 Å². The summed E-state index contributed by atoms with van der Waals surface area (Å²) in [6.07, 6.45) is 0. The van der Waals surface area contributed by atoms with Crippen molar-refractivity contribution in [2.75, 3.05) is 61.7 Å². The van der Waals surface area contributed by atoms with Gasteiger partial charge < -0.3 is 33.9 Å². The van der Waals surface area contributed by atoms with E-state index in [2.05, 4.69) is 9.80 Å². The van der Waals surface area contributed by atoms with Crippen molar-refractivity contribution in [3.05, 3.63) is 45.5 Å². The molecule has 0 bridgehead atoms. The van der Waals surface area contributed by atoms with E-state index in [4.69, 9.17) is 43.5 Å². The number of rotatable bonds is 10. The number of carboxylic acid groups (broad SMARTS) is 2. The Morgan fingerprint density at radius 2 is 1.18 bits per heavy atom. The van der Waals surface area contributed by atoms with E-state index in [0.717, 1.165) is 38.3 Å². The number of methoxy groups -OCH3 is 5. The Morgan fingerprint density at radius 1 is 0.744 bits per heavy atom. The number of carboxylic acids is 2. The number of hydrogen-bond donors (Lipinski definition) is 2. The van der Waals surface area contributed by atoms with Gasteiger partial charge in [0.2, 0.25) is 5.75 Å². The molecule has 2 N–H and O–H groups in total. The summed E-state index contributed by atoms with van der Waals surface area (Å²) in [7, 11) is 7.78. The zero-order valence-electron chi connectivity index (χ0n) is 22.5. The summed E-state index contributed by atoms with van der Waals surface area (Å²) >= 11 is 0. The molecule has 0 aliphatic carbocycles. The van der Waals surface area contributed by atoms with Crippen LogP contribution in [0.2, 0.25) is 0 Å². The minimum absolute atomic E-state index is 0.0347. The summed E-state index contributed by atoms with van der Waals surface area (Å²) < 4.78 is 26.8. The second-order valence-electron chi connectivity index (χ2n) is 8.29. The van der Waals surface area contributed by atoms with Crippen LogP contribution in [-0.2, 0) is 22.7 Å². The van der Waals surface area contributed by atoms with E-state index in [9.17, 15) is 10.1 Å². The van der Waals surface area contributed by atoms with Crippen LogP contribution in [0.5, 0.6) is 28.7 Å². The molecule has 14 nitrogen and oxygen atoms in total. The van der Waals surface area contributed by atoms with Crippen LogP contribution in [-0.4, -0.2) is 98.6 Å². The lowest BCUT2D eigenvalue weighted by Gasteiger charge is -2.34. The molecule has 0 spiro atoms. The van der Waals surface area contributed by atoms with Gasteiger partial charge in [0.15, 0.2) is 23.0 Å². The van der Waals surface area contributed by atoms with Crippen molar-refractivity contribution < 1.29 is 48.4 Å². The number of nitro groups is 1. The smallest absolute Gasteiger partial charge is 0.414 e. The lowest BCUT2D eigenvalue weighted by molar-refractivity contribution is -0.385. The maximum Gasteiger partial charge on any atom is 0.414 e. The highest BCUT2D eigenvalue weighted by atomic mass is 16.6. The maximum atomic E-state index is 11.6.